The number of amidine groups is 1. The van der Waals surface area contributed by atoms with E-state index in [-0.39, 0.29) is 46.4 Å². The fourth-order valence-corrected chi connectivity index (χ4v) is 6.60. The lowest BCUT2D eigenvalue weighted by Gasteiger charge is -2.48. The number of aliphatic imine (C=N–C) groups is 1. The Morgan fingerprint density at radius 2 is 1.91 bits per heavy atom. The minimum absolute atomic E-state index is 0.00161. The molecule has 9 nitrogen and oxygen atoms in total. The van der Waals surface area contributed by atoms with Crippen molar-refractivity contribution in [3.63, 3.8) is 0 Å². The maximum Gasteiger partial charge on any atom is 0.275 e. The molecule has 1 fully saturated rings. The number of hydrazone groups is 1. The van der Waals surface area contributed by atoms with Gasteiger partial charge in [0.2, 0.25) is 0 Å². The molecule has 230 valence electrons. The number of nitrogens with two attached hydrogens (primary N) is 1. The lowest BCUT2D eigenvalue weighted by molar-refractivity contribution is -0.133. The molecule has 1 saturated carbocycles. The highest BCUT2D eigenvalue weighted by Crippen LogP contribution is 2.50. The topological polar surface area (TPSA) is 136 Å². The van der Waals surface area contributed by atoms with Crippen LogP contribution in [-0.2, 0) is 4.79 Å². The molecule has 2 amide bonds. The largest absolute Gasteiger partial charge is 0.345 e. The lowest BCUT2D eigenvalue weighted by Crippen LogP contribution is -2.51. The SMILES string of the molecule is CCC[C@H](c1ccc(C(=O)NC/C(N=N)=N/N)cc1)N1C(=O)C(c2cc(F)cc(Cl)c2)=NC12CCC(C(C)(C)CC)CC2. The van der Waals surface area contributed by atoms with Crippen molar-refractivity contribution in [2.45, 2.75) is 84.3 Å². The number of nitrogens with zero attached hydrogens (tertiary/aromatic N) is 4. The number of hydrogen-bond acceptors (Lipinski definition) is 6. The molecule has 1 spiro atoms. The van der Waals surface area contributed by atoms with E-state index in [0.29, 0.717) is 36.3 Å². The molecule has 4 rings (SSSR count). The van der Waals surface area contributed by atoms with Crippen molar-refractivity contribution >= 4 is 35.0 Å². The Balaban J connectivity index is 1.70. The van der Waals surface area contributed by atoms with Crippen LogP contribution in [0.15, 0.2) is 57.7 Å². The predicted octanol–water partition coefficient (Wildman–Crippen LogP) is 7.01. The van der Waals surface area contributed by atoms with Gasteiger partial charge >= 0.3 is 0 Å². The van der Waals surface area contributed by atoms with Gasteiger partial charge in [-0.1, -0.05) is 64.3 Å². The first-order valence-corrected chi connectivity index (χ1v) is 15.3. The summed E-state index contributed by atoms with van der Waals surface area (Å²) in [5, 5.41) is 9.39. The average Bonchev–Trinajstić information content (AvgIpc) is 3.27. The minimum atomic E-state index is -0.751. The van der Waals surface area contributed by atoms with Gasteiger partial charge in [-0.2, -0.15) is 5.10 Å². The Kier molecular flexibility index (Phi) is 10.00. The number of rotatable bonds is 10. The zero-order valence-corrected chi connectivity index (χ0v) is 26.0. The van der Waals surface area contributed by atoms with Crippen LogP contribution in [0.4, 0.5) is 4.39 Å². The molecule has 0 saturated heterocycles. The third-order valence-corrected chi connectivity index (χ3v) is 9.46. The summed E-state index contributed by atoms with van der Waals surface area (Å²) in [4.78, 5) is 34.1. The van der Waals surface area contributed by atoms with Crippen molar-refractivity contribution in [1.29, 1.82) is 5.53 Å². The van der Waals surface area contributed by atoms with Gasteiger partial charge in [-0.05, 0) is 79.3 Å². The van der Waals surface area contributed by atoms with Crippen LogP contribution in [0.2, 0.25) is 5.02 Å². The van der Waals surface area contributed by atoms with E-state index in [2.05, 4.69) is 43.2 Å². The average molecular weight is 610 g/mol. The number of amides is 2. The van der Waals surface area contributed by atoms with Crippen LogP contribution in [0, 0.1) is 22.7 Å². The maximum atomic E-state index is 14.4. The molecular formula is C32H41ClFN7O2. The van der Waals surface area contributed by atoms with E-state index in [1.807, 2.05) is 17.0 Å². The number of carbonyl (C=O) groups is 2. The summed E-state index contributed by atoms with van der Waals surface area (Å²) >= 11 is 6.20. The predicted molar refractivity (Wildman–Crippen MR) is 167 cm³/mol. The van der Waals surface area contributed by atoms with Gasteiger partial charge in [-0.15, -0.1) is 5.11 Å². The van der Waals surface area contributed by atoms with Crippen molar-refractivity contribution in [1.82, 2.24) is 10.2 Å². The zero-order chi connectivity index (χ0) is 31.4. The van der Waals surface area contributed by atoms with Crippen molar-refractivity contribution in [3.05, 3.63) is 70.0 Å². The third-order valence-electron chi connectivity index (χ3n) is 9.25. The van der Waals surface area contributed by atoms with Crippen LogP contribution in [0.25, 0.3) is 0 Å². The van der Waals surface area contributed by atoms with Crippen molar-refractivity contribution in [3.8, 4) is 0 Å². The van der Waals surface area contributed by atoms with Gasteiger partial charge in [0.25, 0.3) is 11.8 Å². The Morgan fingerprint density at radius 1 is 1.23 bits per heavy atom. The first kappa shape index (κ1) is 32.3. The van der Waals surface area contributed by atoms with Crippen LogP contribution in [0.3, 0.4) is 0 Å². The number of hydrogen-bond donors (Lipinski definition) is 3. The third kappa shape index (κ3) is 6.79. The molecule has 2 aliphatic rings. The lowest BCUT2D eigenvalue weighted by atomic mass is 9.67. The standard InChI is InChI=1S/C32H41ClFN7O2/c1-5-7-26(20-8-10-21(11-9-20)29(42)37-19-27(39-35)40-36)41-30(43)28(22-16-24(33)18-25(34)17-22)38-32(41)14-12-23(13-15-32)31(3,4)6-2/h8-11,16-18,23,26,35H,5-7,12-15,19,36H2,1-4H3,(H,37,42)/b39-35?,40-27-/t23?,26-,32?/m1/s1. The molecule has 43 heavy (non-hydrogen) atoms. The van der Waals surface area contributed by atoms with E-state index in [1.54, 1.807) is 18.2 Å². The molecule has 2 aromatic carbocycles. The van der Waals surface area contributed by atoms with E-state index in [9.17, 15) is 14.0 Å². The Labute approximate surface area is 257 Å². The van der Waals surface area contributed by atoms with E-state index in [0.717, 1.165) is 31.2 Å². The van der Waals surface area contributed by atoms with E-state index < -0.39 is 11.5 Å². The summed E-state index contributed by atoms with van der Waals surface area (Å²) in [7, 11) is 0. The molecule has 0 radical (unpaired) electrons. The maximum absolute atomic E-state index is 14.4. The van der Waals surface area contributed by atoms with Gasteiger partial charge in [-0.3, -0.25) is 14.6 Å². The molecule has 0 bridgehead atoms. The van der Waals surface area contributed by atoms with Gasteiger partial charge in [0, 0.05) is 16.1 Å². The Bertz CT molecular complexity index is 1400. The Morgan fingerprint density at radius 3 is 2.47 bits per heavy atom. The van der Waals surface area contributed by atoms with Crippen LogP contribution < -0.4 is 11.2 Å². The molecule has 1 heterocycles. The summed E-state index contributed by atoms with van der Waals surface area (Å²) in [6, 6.07) is 11.0. The second-order valence-corrected chi connectivity index (χ2v) is 12.6. The van der Waals surface area contributed by atoms with Gasteiger partial charge in [0.05, 0.1) is 12.6 Å². The van der Waals surface area contributed by atoms with Crippen LogP contribution in [0.5, 0.6) is 0 Å². The van der Waals surface area contributed by atoms with Gasteiger partial charge < -0.3 is 16.1 Å². The van der Waals surface area contributed by atoms with Gasteiger partial charge in [0.1, 0.15) is 17.2 Å². The smallest absolute Gasteiger partial charge is 0.275 e. The molecule has 0 aromatic heterocycles. The second-order valence-electron chi connectivity index (χ2n) is 12.2. The highest BCUT2D eigenvalue weighted by Gasteiger charge is 2.52. The van der Waals surface area contributed by atoms with Crippen molar-refractivity contribution < 1.29 is 14.0 Å². The van der Waals surface area contributed by atoms with E-state index >= 15 is 0 Å². The first-order valence-electron chi connectivity index (χ1n) is 14.9. The molecule has 1 atom stereocenters. The highest BCUT2D eigenvalue weighted by molar-refractivity contribution is 6.47. The molecule has 11 heteroatoms. The number of carbonyl (C=O) groups excluding carboxylic acids is 2. The molecule has 2 aromatic rings. The van der Waals surface area contributed by atoms with Crippen LogP contribution >= 0.6 is 11.6 Å². The van der Waals surface area contributed by atoms with Gasteiger partial charge in [-0.25, -0.2) is 9.92 Å². The Hall–Kier alpha value is -3.66. The number of benzene rings is 2. The summed E-state index contributed by atoms with van der Waals surface area (Å²) in [5.74, 6) is 4.58. The summed E-state index contributed by atoms with van der Waals surface area (Å²) < 4.78 is 14.4. The van der Waals surface area contributed by atoms with Crippen molar-refractivity contribution in [2.75, 3.05) is 6.54 Å². The normalized spacial score (nSPS) is 21.6. The van der Waals surface area contributed by atoms with Crippen LogP contribution in [0.1, 0.15) is 100 Å². The van der Waals surface area contributed by atoms with E-state index in [4.69, 9.17) is 28.0 Å². The molecule has 0 unspecified atom stereocenters. The fourth-order valence-electron chi connectivity index (χ4n) is 6.38. The fraction of sp³-hybridized carbons (Fsp3) is 0.500. The summed E-state index contributed by atoms with van der Waals surface area (Å²) in [6.45, 7) is 8.84. The highest BCUT2D eigenvalue weighted by atomic mass is 35.5. The molecule has 1 aliphatic carbocycles. The quantitative estimate of drug-likeness (QED) is 0.0878. The summed E-state index contributed by atoms with van der Waals surface area (Å²) in [6.07, 6.45) is 5.87. The molecular weight excluding hydrogens is 569 g/mol. The monoisotopic (exact) mass is 609 g/mol. The minimum Gasteiger partial charge on any atom is -0.345 e. The van der Waals surface area contributed by atoms with E-state index in [1.165, 1.54) is 12.1 Å². The van der Waals surface area contributed by atoms with Crippen LogP contribution in [-0.4, -0.2) is 40.5 Å². The van der Waals surface area contributed by atoms with Gasteiger partial charge in [0.15, 0.2) is 5.84 Å². The molecule has 4 N–H and O–H groups in total. The first-order chi connectivity index (χ1) is 20.5. The molecule has 1 aliphatic heterocycles. The second kappa shape index (κ2) is 13.3. The number of halogens is 2. The zero-order valence-electron chi connectivity index (χ0n) is 25.3. The summed E-state index contributed by atoms with van der Waals surface area (Å²) in [5.41, 5.74) is 8.40. The number of nitrogens with one attached hydrogen (secondary N) is 2. The van der Waals surface area contributed by atoms with Crippen molar-refractivity contribution in [2.24, 2.45) is 32.4 Å².